The second-order valence-corrected chi connectivity index (χ2v) is 7.94. The molecule has 0 aliphatic carbocycles. The zero-order valence-electron chi connectivity index (χ0n) is 18.4. The van der Waals surface area contributed by atoms with Gasteiger partial charge in [0.1, 0.15) is 24.4 Å². The van der Waals surface area contributed by atoms with Crippen molar-refractivity contribution in [2.24, 2.45) is 11.7 Å². The van der Waals surface area contributed by atoms with E-state index >= 15 is 0 Å². The number of nitrogens with one attached hydrogen (secondary N) is 3. The predicted octanol–water partition coefficient (Wildman–Crippen LogP) is -1.05. The molecule has 0 aromatic heterocycles. The average Bonchev–Trinajstić information content (AvgIpc) is 2.71. The fraction of sp³-hybridized carbons (Fsp3) is 0.476. The molecule has 0 radical (unpaired) electrons. The van der Waals surface area contributed by atoms with Crippen LogP contribution >= 0.6 is 0 Å². The highest BCUT2D eigenvalue weighted by molar-refractivity contribution is 5.94. The Balaban J connectivity index is 3.02. The van der Waals surface area contributed by atoms with Crippen molar-refractivity contribution in [3.05, 3.63) is 29.8 Å². The van der Waals surface area contributed by atoms with E-state index in [1.165, 1.54) is 24.3 Å². The molecule has 12 heteroatoms. The van der Waals surface area contributed by atoms with Crippen molar-refractivity contribution in [1.29, 1.82) is 0 Å². The number of hydrogen-bond acceptors (Lipinski definition) is 7. The summed E-state index contributed by atoms with van der Waals surface area (Å²) in [5.74, 6) is -4.88. The third-order valence-corrected chi connectivity index (χ3v) is 4.49. The highest BCUT2D eigenvalue weighted by Crippen LogP contribution is 2.12. The number of aromatic hydroxyl groups is 1. The van der Waals surface area contributed by atoms with E-state index < -0.39 is 60.8 Å². The summed E-state index contributed by atoms with van der Waals surface area (Å²) in [6.07, 6.45) is -0.457. The van der Waals surface area contributed by atoms with Gasteiger partial charge < -0.3 is 37.0 Å². The molecule has 33 heavy (non-hydrogen) atoms. The van der Waals surface area contributed by atoms with Crippen LogP contribution in [0.4, 0.5) is 0 Å². The summed E-state index contributed by atoms with van der Waals surface area (Å²) in [6.45, 7) is 2.95. The summed E-state index contributed by atoms with van der Waals surface area (Å²) in [4.78, 5) is 59.3. The lowest BCUT2D eigenvalue weighted by molar-refractivity contribution is -0.140. The van der Waals surface area contributed by atoms with Crippen LogP contribution in [-0.2, 0) is 30.4 Å². The number of carboxylic acids is 2. The Morgan fingerprint density at radius 1 is 0.879 bits per heavy atom. The van der Waals surface area contributed by atoms with Crippen molar-refractivity contribution < 1.29 is 39.3 Å². The maximum absolute atomic E-state index is 12.9. The quantitative estimate of drug-likeness (QED) is 0.189. The Hall–Kier alpha value is -3.67. The standard InChI is InChI=1S/C21H30N4O8/c1-11(2)7-15(24-19(31)14(22)9-17(27)28)21(33)25-16(20(32)23-10-18(29)30)8-12-3-5-13(26)6-4-12/h3-6,11,14-16,26H,7-10,22H2,1-2H3,(H,23,32)(H,24,31)(H,25,33)(H,27,28)(H,29,30)/t14-,15-,16-/m0/s1. The number of carbonyl (C=O) groups excluding carboxylic acids is 3. The summed E-state index contributed by atoms with van der Waals surface area (Å²) in [7, 11) is 0. The Kier molecular flexibility index (Phi) is 10.8. The summed E-state index contributed by atoms with van der Waals surface area (Å²) < 4.78 is 0. The summed E-state index contributed by atoms with van der Waals surface area (Å²) in [6, 6.07) is 2.22. The molecule has 1 aromatic carbocycles. The lowest BCUT2D eigenvalue weighted by Crippen LogP contribution is -2.57. The fourth-order valence-corrected chi connectivity index (χ4v) is 2.90. The van der Waals surface area contributed by atoms with E-state index in [0.717, 1.165) is 0 Å². The van der Waals surface area contributed by atoms with Crippen molar-refractivity contribution >= 4 is 29.7 Å². The molecule has 0 bridgehead atoms. The van der Waals surface area contributed by atoms with Crippen LogP contribution in [0.25, 0.3) is 0 Å². The van der Waals surface area contributed by atoms with Crippen molar-refractivity contribution in [2.45, 2.75) is 51.2 Å². The van der Waals surface area contributed by atoms with E-state index in [-0.39, 0.29) is 24.5 Å². The van der Waals surface area contributed by atoms with Crippen LogP contribution in [0.2, 0.25) is 0 Å². The lowest BCUT2D eigenvalue weighted by Gasteiger charge is -2.25. The molecule has 0 aliphatic heterocycles. The number of carboxylic acid groups (broad SMARTS) is 2. The van der Waals surface area contributed by atoms with Gasteiger partial charge in [0.2, 0.25) is 17.7 Å². The third-order valence-electron chi connectivity index (χ3n) is 4.49. The summed E-state index contributed by atoms with van der Waals surface area (Å²) >= 11 is 0. The molecule has 8 N–H and O–H groups in total. The monoisotopic (exact) mass is 466 g/mol. The van der Waals surface area contributed by atoms with Crippen LogP contribution in [0.5, 0.6) is 5.75 Å². The number of hydrogen-bond donors (Lipinski definition) is 7. The number of carbonyl (C=O) groups is 5. The average molecular weight is 466 g/mol. The molecule has 3 amide bonds. The molecule has 0 aliphatic rings. The Bertz CT molecular complexity index is 856. The zero-order chi connectivity index (χ0) is 25.1. The molecular weight excluding hydrogens is 436 g/mol. The molecule has 3 atom stereocenters. The van der Waals surface area contributed by atoms with Crippen LogP contribution in [0, 0.1) is 5.92 Å². The van der Waals surface area contributed by atoms with Gasteiger partial charge >= 0.3 is 11.9 Å². The topological polar surface area (TPSA) is 208 Å². The molecule has 0 fully saturated rings. The highest BCUT2D eigenvalue weighted by atomic mass is 16.4. The van der Waals surface area contributed by atoms with Crippen molar-refractivity contribution in [3.63, 3.8) is 0 Å². The van der Waals surface area contributed by atoms with Gasteiger partial charge in [-0.25, -0.2) is 0 Å². The minimum Gasteiger partial charge on any atom is -0.508 e. The second kappa shape index (κ2) is 13.0. The van der Waals surface area contributed by atoms with E-state index in [2.05, 4.69) is 16.0 Å². The molecule has 0 spiro atoms. The smallest absolute Gasteiger partial charge is 0.322 e. The van der Waals surface area contributed by atoms with Gasteiger partial charge in [-0.2, -0.15) is 0 Å². The first-order valence-corrected chi connectivity index (χ1v) is 10.2. The van der Waals surface area contributed by atoms with Crippen LogP contribution in [0.1, 0.15) is 32.3 Å². The van der Waals surface area contributed by atoms with Gasteiger partial charge in [0.05, 0.1) is 12.5 Å². The molecule has 1 aromatic rings. The van der Waals surface area contributed by atoms with Crippen molar-refractivity contribution in [3.8, 4) is 5.75 Å². The van der Waals surface area contributed by atoms with Crippen LogP contribution in [-0.4, -0.2) is 69.7 Å². The number of amides is 3. The Labute approximate surface area is 190 Å². The van der Waals surface area contributed by atoms with Gasteiger partial charge in [0.15, 0.2) is 0 Å². The Morgan fingerprint density at radius 2 is 1.45 bits per heavy atom. The van der Waals surface area contributed by atoms with Gasteiger partial charge in [-0.3, -0.25) is 24.0 Å². The minimum atomic E-state index is -1.36. The number of benzene rings is 1. The van der Waals surface area contributed by atoms with E-state index in [0.29, 0.717) is 5.56 Å². The molecule has 1 rings (SSSR count). The number of phenolic OH excluding ortho intramolecular Hbond substituents is 1. The SMILES string of the molecule is CC(C)C[C@H](NC(=O)[C@@H](N)CC(=O)O)C(=O)N[C@@H](Cc1ccc(O)cc1)C(=O)NCC(=O)O. The maximum atomic E-state index is 12.9. The zero-order valence-corrected chi connectivity index (χ0v) is 18.4. The van der Waals surface area contributed by atoms with E-state index in [4.69, 9.17) is 15.9 Å². The van der Waals surface area contributed by atoms with E-state index in [1.54, 1.807) is 13.8 Å². The van der Waals surface area contributed by atoms with Gasteiger partial charge in [0.25, 0.3) is 0 Å². The fourth-order valence-electron chi connectivity index (χ4n) is 2.90. The molecule has 0 heterocycles. The molecule has 0 saturated heterocycles. The first-order chi connectivity index (χ1) is 15.4. The van der Waals surface area contributed by atoms with Gasteiger partial charge in [-0.15, -0.1) is 0 Å². The minimum absolute atomic E-state index is 0.00655. The second-order valence-electron chi connectivity index (χ2n) is 7.94. The van der Waals surface area contributed by atoms with E-state index in [9.17, 15) is 29.1 Å². The Morgan fingerprint density at radius 3 is 1.97 bits per heavy atom. The largest absolute Gasteiger partial charge is 0.508 e. The van der Waals surface area contributed by atoms with Gasteiger partial charge in [0, 0.05) is 6.42 Å². The highest BCUT2D eigenvalue weighted by Gasteiger charge is 2.29. The number of nitrogens with two attached hydrogens (primary N) is 1. The van der Waals surface area contributed by atoms with Crippen LogP contribution in [0.15, 0.2) is 24.3 Å². The molecule has 182 valence electrons. The van der Waals surface area contributed by atoms with Gasteiger partial charge in [-0.1, -0.05) is 26.0 Å². The molecule has 0 unspecified atom stereocenters. The van der Waals surface area contributed by atoms with Crippen LogP contribution < -0.4 is 21.7 Å². The van der Waals surface area contributed by atoms with E-state index in [1.807, 2.05) is 0 Å². The molecule has 12 nitrogen and oxygen atoms in total. The molecular formula is C21H30N4O8. The number of rotatable bonds is 13. The predicted molar refractivity (Wildman–Crippen MR) is 116 cm³/mol. The van der Waals surface area contributed by atoms with Crippen LogP contribution in [0.3, 0.4) is 0 Å². The molecule has 0 saturated carbocycles. The van der Waals surface area contributed by atoms with Crippen molar-refractivity contribution in [2.75, 3.05) is 6.54 Å². The first kappa shape index (κ1) is 27.4. The summed E-state index contributed by atoms with van der Waals surface area (Å²) in [5.41, 5.74) is 6.14. The van der Waals surface area contributed by atoms with Crippen molar-refractivity contribution in [1.82, 2.24) is 16.0 Å². The van der Waals surface area contributed by atoms with Gasteiger partial charge in [-0.05, 0) is 30.0 Å². The number of aliphatic carboxylic acids is 2. The number of phenols is 1. The third kappa shape index (κ3) is 10.5. The summed E-state index contributed by atoms with van der Waals surface area (Å²) in [5, 5.41) is 34.2. The lowest BCUT2D eigenvalue weighted by atomic mass is 10.0. The maximum Gasteiger partial charge on any atom is 0.322 e. The first-order valence-electron chi connectivity index (χ1n) is 10.2. The normalized spacial score (nSPS) is 13.5.